The summed E-state index contributed by atoms with van der Waals surface area (Å²) in [7, 11) is -1.94. The molecule has 0 fully saturated rings. The number of rotatable bonds is 4. The Labute approximate surface area is 84.7 Å². The summed E-state index contributed by atoms with van der Waals surface area (Å²) in [6, 6.07) is 0.819. The van der Waals surface area contributed by atoms with E-state index in [1.807, 2.05) is 20.0 Å². The van der Waals surface area contributed by atoms with Gasteiger partial charge in [-0.15, -0.1) is 0 Å². The molecule has 0 aliphatic carbocycles. The first kappa shape index (κ1) is 12.9. The van der Waals surface area contributed by atoms with E-state index >= 15 is 0 Å². The Morgan fingerprint density at radius 1 is 1.43 bits per heavy atom. The highest BCUT2D eigenvalue weighted by atomic mass is 28.4. The summed E-state index contributed by atoms with van der Waals surface area (Å²) in [6.07, 6.45) is 0.864. The molecule has 0 aliphatic heterocycles. The minimum absolute atomic E-state index is 0.131. The molecule has 5 heteroatoms. The average Bonchev–Trinajstić information content (AvgIpc) is 2.02. The van der Waals surface area contributed by atoms with E-state index in [9.17, 15) is 9.59 Å². The van der Waals surface area contributed by atoms with Crippen LogP contribution in [0.2, 0.25) is 19.1 Å². The Morgan fingerprint density at radius 3 is 2.29 bits per heavy atom. The van der Waals surface area contributed by atoms with E-state index in [0.717, 1.165) is 12.1 Å². The summed E-state index contributed by atoms with van der Waals surface area (Å²) < 4.78 is 5.22. The summed E-state index contributed by atoms with van der Waals surface area (Å²) in [5.41, 5.74) is 0.131. The first-order valence-electron chi connectivity index (χ1n) is 4.43. The second-order valence-corrected chi connectivity index (χ2v) is 8.10. The van der Waals surface area contributed by atoms with E-state index < -0.39 is 20.3 Å². The van der Waals surface area contributed by atoms with Gasteiger partial charge in [0.25, 0.3) is 0 Å². The fraction of sp³-hybridized carbons (Fsp3) is 0.556. The van der Waals surface area contributed by atoms with Crippen molar-refractivity contribution in [3.63, 3.8) is 0 Å². The monoisotopic (exact) mass is 216 g/mol. The molecule has 0 unspecified atom stereocenters. The summed E-state index contributed by atoms with van der Waals surface area (Å²) in [5.74, 6) is -1.65. The van der Waals surface area contributed by atoms with Gasteiger partial charge < -0.3 is 9.53 Å². The number of hydrogen-bond donors (Lipinski definition) is 1. The maximum atomic E-state index is 11.3. The van der Waals surface area contributed by atoms with Gasteiger partial charge in [0.2, 0.25) is 8.32 Å². The van der Waals surface area contributed by atoms with E-state index in [4.69, 9.17) is 9.53 Å². The highest BCUT2D eigenvalue weighted by molar-refractivity contribution is 6.72. The van der Waals surface area contributed by atoms with Gasteiger partial charge in [0.05, 0.1) is 0 Å². The first-order chi connectivity index (χ1) is 6.28. The lowest BCUT2D eigenvalue weighted by Crippen LogP contribution is -2.32. The molecule has 0 radical (unpaired) electrons. The van der Waals surface area contributed by atoms with Crippen molar-refractivity contribution >= 4 is 20.3 Å². The molecule has 0 amide bonds. The molecule has 0 rings (SSSR count). The van der Waals surface area contributed by atoms with E-state index in [1.54, 1.807) is 0 Å². The molecule has 14 heavy (non-hydrogen) atoms. The van der Waals surface area contributed by atoms with Crippen LogP contribution in [0, 0.1) is 0 Å². The van der Waals surface area contributed by atoms with Crippen LogP contribution in [0.5, 0.6) is 0 Å². The molecule has 1 N–H and O–H groups in total. The van der Waals surface area contributed by atoms with E-state index in [0.29, 0.717) is 0 Å². The first-order valence-corrected chi connectivity index (χ1v) is 7.54. The third kappa shape index (κ3) is 4.81. The minimum Gasteiger partial charge on any atom is -0.516 e. The Hall–Kier alpha value is -1.10. The number of aliphatic carboxylic acids is 1. The van der Waals surface area contributed by atoms with Crippen molar-refractivity contribution in [3.05, 3.63) is 11.6 Å². The molecule has 80 valence electrons. The Kier molecular flexibility index (Phi) is 4.56. The summed E-state index contributed by atoms with van der Waals surface area (Å²) >= 11 is 0. The lowest BCUT2D eigenvalue weighted by molar-refractivity contribution is -0.134. The van der Waals surface area contributed by atoms with Gasteiger partial charge in [0.1, 0.15) is 0 Å². The van der Waals surface area contributed by atoms with Crippen LogP contribution in [-0.2, 0) is 14.0 Å². The molecule has 0 atom stereocenters. The number of hydrogen-bond acceptors (Lipinski definition) is 3. The number of carbonyl (C=O) groups is 2. The van der Waals surface area contributed by atoms with Crippen LogP contribution in [-0.4, -0.2) is 25.4 Å². The minimum atomic E-state index is -1.94. The summed E-state index contributed by atoms with van der Waals surface area (Å²) in [6.45, 7) is 7.23. The molecule has 0 aromatic heterocycles. The normalized spacial score (nSPS) is 12.4. The fourth-order valence-electron chi connectivity index (χ4n) is 0.648. The van der Waals surface area contributed by atoms with E-state index in [2.05, 4.69) is 0 Å². The van der Waals surface area contributed by atoms with Gasteiger partial charge in [-0.3, -0.25) is 0 Å². The van der Waals surface area contributed by atoms with Crippen LogP contribution in [0.4, 0.5) is 0 Å². The second-order valence-electron chi connectivity index (χ2n) is 3.67. The predicted octanol–water partition coefficient (Wildman–Crippen LogP) is 1.79. The quantitative estimate of drug-likeness (QED) is 0.574. The third-order valence-electron chi connectivity index (χ3n) is 1.88. The van der Waals surface area contributed by atoms with Gasteiger partial charge in [-0.2, -0.15) is 0 Å². The number of carbonyl (C=O) groups excluding carboxylic acids is 1. The van der Waals surface area contributed by atoms with Crippen LogP contribution in [0.15, 0.2) is 11.6 Å². The standard InChI is InChI=1S/C9H16O4Si/c1-5-14(3,4)13-9(12)7(2)6-8(10)11/h6H,5H2,1-4H3,(H,10,11)/b7-6+. The van der Waals surface area contributed by atoms with Crippen molar-refractivity contribution < 1.29 is 19.1 Å². The molecule has 0 aromatic rings. The Bertz CT molecular complexity index is 268. The highest BCUT2D eigenvalue weighted by Crippen LogP contribution is 2.12. The molecular formula is C9H16O4Si. The molecule has 0 bridgehead atoms. The molecule has 4 nitrogen and oxygen atoms in total. The average molecular weight is 216 g/mol. The third-order valence-corrected chi connectivity index (χ3v) is 4.32. The van der Waals surface area contributed by atoms with Crippen LogP contribution in [0.3, 0.4) is 0 Å². The predicted molar refractivity (Wildman–Crippen MR) is 55.4 cm³/mol. The maximum Gasteiger partial charge on any atom is 0.328 e. The zero-order valence-corrected chi connectivity index (χ0v) is 9.96. The summed E-state index contributed by atoms with van der Waals surface area (Å²) in [4.78, 5) is 21.6. The van der Waals surface area contributed by atoms with Crippen molar-refractivity contribution in [2.45, 2.75) is 33.0 Å². The molecule has 0 aliphatic rings. The Morgan fingerprint density at radius 2 is 1.93 bits per heavy atom. The van der Waals surface area contributed by atoms with Crippen molar-refractivity contribution in [2.75, 3.05) is 0 Å². The second kappa shape index (κ2) is 4.95. The van der Waals surface area contributed by atoms with Gasteiger partial charge in [-0.25, -0.2) is 9.59 Å². The molecule has 0 heterocycles. The van der Waals surface area contributed by atoms with Gasteiger partial charge in [0.15, 0.2) is 0 Å². The van der Waals surface area contributed by atoms with E-state index in [-0.39, 0.29) is 5.57 Å². The molecular weight excluding hydrogens is 200 g/mol. The largest absolute Gasteiger partial charge is 0.516 e. The number of carboxylic acids is 1. The lowest BCUT2D eigenvalue weighted by atomic mass is 10.3. The van der Waals surface area contributed by atoms with Crippen LogP contribution in [0.25, 0.3) is 0 Å². The zero-order valence-electron chi connectivity index (χ0n) is 8.96. The smallest absolute Gasteiger partial charge is 0.328 e. The van der Waals surface area contributed by atoms with Crippen molar-refractivity contribution in [2.24, 2.45) is 0 Å². The van der Waals surface area contributed by atoms with Crippen LogP contribution < -0.4 is 0 Å². The van der Waals surface area contributed by atoms with E-state index in [1.165, 1.54) is 6.92 Å². The van der Waals surface area contributed by atoms with Crippen molar-refractivity contribution in [1.29, 1.82) is 0 Å². The maximum absolute atomic E-state index is 11.3. The Balaban J connectivity index is 4.43. The van der Waals surface area contributed by atoms with Gasteiger partial charge in [0, 0.05) is 11.6 Å². The molecule has 0 saturated carbocycles. The SMILES string of the molecule is CC[Si](C)(C)OC(=O)/C(C)=C/C(=O)O. The zero-order chi connectivity index (χ0) is 11.4. The fourth-order valence-corrected chi connectivity index (χ4v) is 1.45. The van der Waals surface area contributed by atoms with Crippen molar-refractivity contribution in [3.8, 4) is 0 Å². The highest BCUT2D eigenvalue weighted by Gasteiger charge is 2.25. The molecule has 0 spiro atoms. The van der Waals surface area contributed by atoms with Gasteiger partial charge in [-0.05, 0) is 26.1 Å². The number of carboxylic acid groups (broad SMARTS) is 1. The molecule has 0 aromatic carbocycles. The molecule has 0 saturated heterocycles. The van der Waals surface area contributed by atoms with Crippen molar-refractivity contribution in [1.82, 2.24) is 0 Å². The van der Waals surface area contributed by atoms with Crippen LogP contribution >= 0.6 is 0 Å². The van der Waals surface area contributed by atoms with Gasteiger partial charge >= 0.3 is 11.9 Å². The van der Waals surface area contributed by atoms with Crippen LogP contribution in [0.1, 0.15) is 13.8 Å². The summed E-state index contributed by atoms with van der Waals surface area (Å²) in [5, 5.41) is 8.42. The van der Waals surface area contributed by atoms with Gasteiger partial charge in [-0.1, -0.05) is 6.92 Å². The topological polar surface area (TPSA) is 63.6 Å². The lowest BCUT2D eigenvalue weighted by Gasteiger charge is -2.20.